The molecule has 17 heavy (non-hydrogen) atoms. The van der Waals surface area contributed by atoms with E-state index in [-0.39, 0.29) is 24.7 Å². The van der Waals surface area contributed by atoms with Crippen LogP contribution in [-0.2, 0) is 14.3 Å². The maximum atomic E-state index is 11.6. The normalized spacial score (nSPS) is 25.8. The molecule has 2 atom stereocenters. The summed E-state index contributed by atoms with van der Waals surface area (Å²) in [6.07, 6.45) is 6.13. The highest BCUT2D eigenvalue weighted by Gasteiger charge is 2.24. The van der Waals surface area contributed by atoms with Gasteiger partial charge in [0.05, 0.1) is 12.7 Å². The molecule has 1 amide bonds. The number of rotatable bonds is 7. The molecule has 1 aliphatic heterocycles. The summed E-state index contributed by atoms with van der Waals surface area (Å²) in [5.74, 6) is 0.842. The smallest absolute Gasteiger partial charge is 0.246 e. The van der Waals surface area contributed by atoms with Gasteiger partial charge in [-0.1, -0.05) is 12.8 Å². The highest BCUT2D eigenvalue weighted by Crippen LogP contribution is 2.33. The average Bonchev–Trinajstić information content (AvgIpc) is 2.93. The summed E-state index contributed by atoms with van der Waals surface area (Å²) in [4.78, 5) is 11.6. The monoisotopic (exact) mass is 241 g/mol. The van der Waals surface area contributed by atoms with Gasteiger partial charge in [-0.3, -0.25) is 4.79 Å². The number of hydrogen-bond acceptors (Lipinski definition) is 3. The first-order chi connectivity index (χ1) is 8.24. The van der Waals surface area contributed by atoms with Crippen molar-refractivity contribution in [3.05, 3.63) is 0 Å². The maximum absolute atomic E-state index is 11.6. The van der Waals surface area contributed by atoms with Crippen molar-refractivity contribution in [2.24, 2.45) is 5.92 Å². The summed E-state index contributed by atoms with van der Waals surface area (Å²) in [7, 11) is 0. The van der Waals surface area contributed by atoms with Crippen LogP contribution in [0.5, 0.6) is 0 Å². The first-order valence-electron chi connectivity index (χ1n) is 6.72. The molecule has 2 unspecified atom stereocenters. The molecule has 0 radical (unpaired) electrons. The fourth-order valence-electron chi connectivity index (χ4n) is 2.29. The van der Waals surface area contributed by atoms with Crippen LogP contribution in [0.2, 0.25) is 0 Å². The van der Waals surface area contributed by atoms with E-state index in [9.17, 15) is 4.79 Å². The lowest BCUT2D eigenvalue weighted by atomic mass is 10.1. The van der Waals surface area contributed by atoms with Gasteiger partial charge in [0, 0.05) is 12.6 Å². The van der Waals surface area contributed by atoms with Crippen molar-refractivity contribution < 1.29 is 14.3 Å². The molecular weight excluding hydrogens is 218 g/mol. The molecular formula is C13H23NO3. The molecule has 98 valence electrons. The molecule has 4 heteroatoms. The molecule has 4 nitrogen and oxygen atoms in total. The Bertz CT molecular complexity index is 247. The molecule has 1 heterocycles. The van der Waals surface area contributed by atoms with Gasteiger partial charge in [-0.25, -0.2) is 0 Å². The number of carbonyl (C=O) groups excluding carboxylic acids is 1. The van der Waals surface area contributed by atoms with Crippen LogP contribution in [0.25, 0.3) is 0 Å². The predicted octanol–water partition coefficient (Wildman–Crippen LogP) is 1.49. The van der Waals surface area contributed by atoms with Crippen molar-refractivity contribution in [3.8, 4) is 0 Å². The van der Waals surface area contributed by atoms with E-state index >= 15 is 0 Å². The Balaban J connectivity index is 1.50. The van der Waals surface area contributed by atoms with Crippen molar-refractivity contribution in [2.45, 2.75) is 51.2 Å². The minimum Gasteiger partial charge on any atom is -0.376 e. The van der Waals surface area contributed by atoms with Gasteiger partial charge in [0.15, 0.2) is 0 Å². The van der Waals surface area contributed by atoms with Crippen molar-refractivity contribution in [2.75, 3.05) is 19.8 Å². The molecule has 2 aliphatic rings. The summed E-state index contributed by atoms with van der Waals surface area (Å²) in [5.41, 5.74) is 0. The lowest BCUT2D eigenvalue weighted by Gasteiger charge is -2.14. The Morgan fingerprint density at radius 3 is 2.94 bits per heavy atom. The van der Waals surface area contributed by atoms with Gasteiger partial charge in [0.2, 0.25) is 5.91 Å². The van der Waals surface area contributed by atoms with E-state index in [1.54, 1.807) is 0 Å². The second-order valence-electron chi connectivity index (χ2n) is 5.30. The minimum atomic E-state index is -0.00357. The minimum absolute atomic E-state index is 0.00357. The van der Waals surface area contributed by atoms with Gasteiger partial charge in [-0.05, 0) is 32.1 Å². The van der Waals surface area contributed by atoms with Crippen LogP contribution >= 0.6 is 0 Å². The predicted molar refractivity (Wildman–Crippen MR) is 64.7 cm³/mol. The quantitative estimate of drug-likeness (QED) is 0.734. The first-order valence-corrected chi connectivity index (χ1v) is 6.72. The number of nitrogens with one attached hydrogen (secondary N) is 1. The van der Waals surface area contributed by atoms with Crippen LogP contribution in [0.3, 0.4) is 0 Å². The Morgan fingerprint density at radius 2 is 2.29 bits per heavy atom. The molecule has 2 fully saturated rings. The Morgan fingerprint density at radius 1 is 1.47 bits per heavy atom. The molecule has 1 saturated heterocycles. The molecule has 1 saturated carbocycles. The Kier molecular flexibility index (Phi) is 4.80. The van der Waals surface area contributed by atoms with Gasteiger partial charge in [0.1, 0.15) is 6.61 Å². The van der Waals surface area contributed by atoms with Gasteiger partial charge in [-0.15, -0.1) is 0 Å². The van der Waals surface area contributed by atoms with E-state index in [1.807, 2.05) is 0 Å². The SMILES string of the molecule is CC(CC1CC1)NC(=O)COCC1CCCO1. The van der Waals surface area contributed by atoms with Crippen molar-refractivity contribution in [3.63, 3.8) is 0 Å². The zero-order valence-corrected chi connectivity index (χ0v) is 10.6. The van der Waals surface area contributed by atoms with E-state index in [0.29, 0.717) is 6.61 Å². The highest BCUT2D eigenvalue weighted by molar-refractivity contribution is 5.77. The second kappa shape index (κ2) is 6.36. The molecule has 1 aliphatic carbocycles. The van der Waals surface area contributed by atoms with Crippen molar-refractivity contribution in [1.29, 1.82) is 0 Å². The molecule has 0 aromatic carbocycles. The van der Waals surface area contributed by atoms with E-state index in [4.69, 9.17) is 9.47 Å². The third-order valence-electron chi connectivity index (χ3n) is 3.35. The summed E-state index contributed by atoms with van der Waals surface area (Å²) in [6.45, 7) is 3.61. The molecule has 0 bridgehead atoms. The van der Waals surface area contributed by atoms with Gasteiger partial charge >= 0.3 is 0 Å². The Labute approximate surface area is 103 Å². The number of amides is 1. The fourth-order valence-corrected chi connectivity index (χ4v) is 2.29. The third kappa shape index (κ3) is 5.04. The zero-order valence-electron chi connectivity index (χ0n) is 10.6. The zero-order chi connectivity index (χ0) is 12.1. The first kappa shape index (κ1) is 12.8. The highest BCUT2D eigenvalue weighted by atomic mass is 16.5. The molecule has 1 N–H and O–H groups in total. The lowest BCUT2D eigenvalue weighted by Crippen LogP contribution is -2.36. The molecule has 2 rings (SSSR count). The van der Waals surface area contributed by atoms with Crippen LogP contribution in [0.4, 0.5) is 0 Å². The average molecular weight is 241 g/mol. The van der Waals surface area contributed by atoms with E-state index in [2.05, 4.69) is 12.2 Å². The summed E-state index contributed by atoms with van der Waals surface area (Å²) < 4.78 is 10.8. The Hall–Kier alpha value is -0.610. The standard InChI is InChI=1S/C13H23NO3/c1-10(7-11-4-5-11)14-13(15)9-16-8-12-3-2-6-17-12/h10-12H,2-9H2,1H3,(H,14,15). The van der Waals surface area contributed by atoms with Gasteiger partial charge in [-0.2, -0.15) is 0 Å². The van der Waals surface area contributed by atoms with E-state index in [1.165, 1.54) is 12.8 Å². The van der Waals surface area contributed by atoms with Crippen LogP contribution in [0.1, 0.15) is 39.0 Å². The number of carbonyl (C=O) groups is 1. The topological polar surface area (TPSA) is 47.6 Å². The third-order valence-corrected chi connectivity index (χ3v) is 3.35. The van der Waals surface area contributed by atoms with Crippen LogP contribution in [0, 0.1) is 5.92 Å². The van der Waals surface area contributed by atoms with Crippen LogP contribution in [0.15, 0.2) is 0 Å². The van der Waals surface area contributed by atoms with E-state index < -0.39 is 0 Å². The summed E-state index contributed by atoms with van der Waals surface area (Å²) >= 11 is 0. The fraction of sp³-hybridized carbons (Fsp3) is 0.923. The van der Waals surface area contributed by atoms with Gasteiger partial charge in [0.25, 0.3) is 0 Å². The summed E-state index contributed by atoms with van der Waals surface area (Å²) in [5, 5.41) is 2.97. The molecule has 0 spiro atoms. The summed E-state index contributed by atoms with van der Waals surface area (Å²) in [6, 6.07) is 0.279. The van der Waals surface area contributed by atoms with Crippen molar-refractivity contribution in [1.82, 2.24) is 5.32 Å². The second-order valence-corrected chi connectivity index (χ2v) is 5.30. The van der Waals surface area contributed by atoms with Crippen molar-refractivity contribution >= 4 is 5.91 Å². The van der Waals surface area contributed by atoms with Crippen LogP contribution < -0.4 is 5.32 Å². The number of ether oxygens (including phenoxy) is 2. The van der Waals surface area contributed by atoms with Crippen LogP contribution in [-0.4, -0.2) is 37.9 Å². The largest absolute Gasteiger partial charge is 0.376 e. The van der Waals surface area contributed by atoms with E-state index in [0.717, 1.165) is 31.8 Å². The molecule has 0 aromatic rings. The molecule has 0 aromatic heterocycles. The maximum Gasteiger partial charge on any atom is 0.246 e. The number of hydrogen-bond donors (Lipinski definition) is 1. The lowest BCUT2D eigenvalue weighted by molar-refractivity contribution is -0.127. The van der Waals surface area contributed by atoms with Gasteiger partial charge < -0.3 is 14.8 Å².